The molecule has 0 radical (unpaired) electrons. The van der Waals surface area contributed by atoms with Crippen molar-refractivity contribution in [3.8, 4) is 0 Å². The second-order valence-corrected chi connectivity index (χ2v) is 6.80. The summed E-state index contributed by atoms with van der Waals surface area (Å²) in [6.45, 7) is 6.90. The van der Waals surface area contributed by atoms with E-state index in [1.165, 1.54) is 6.42 Å². The Balaban J connectivity index is 1.69. The summed E-state index contributed by atoms with van der Waals surface area (Å²) in [6.07, 6.45) is 5.36. The number of rotatable bonds is 5. The van der Waals surface area contributed by atoms with Crippen LogP contribution in [0.25, 0.3) is 0 Å². The van der Waals surface area contributed by atoms with Crippen LogP contribution in [0, 0.1) is 0 Å². The van der Waals surface area contributed by atoms with Crippen LogP contribution >= 0.6 is 0 Å². The predicted octanol–water partition coefficient (Wildman–Crippen LogP) is 0.942. The molecular weight excluding hydrogens is 296 g/mol. The van der Waals surface area contributed by atoms with E-state index >= 15 is 0 Å². The molecule has 6 heteroatoms. The molecule has 2 aliphatic heterocycles. The SMILES string of the molecule is CCO[C@H]1COC[C@@H]1NC(=O)C1(N2CCOCC2)CCCCC1. The number of amides is 1. The van der Waals surface area contributed by atoms with Crippen LogP contribution < -0.4 is 5.32 Å². The Morgan fingerprint density at radius 1 is 1.17 bits per heavy atom. The molecule has 1 N–H and O–H groups in total. The van der Waals surface area contributed by atoms with Crippen molar-refractivity contribution in [3.05, 3.63) is 0 Å². The van der Waals surface area contributed by atoms with E-state index in [1.807, 2.05) is 6.92 Å². The maximum absolute atomic E-state index is 13.2. The number of morpholine rings is 1. The number of hydrogen-bond acceptors (Lipinski definition) is 5. The Bertz CT molecular complexity index is 392. The Morgan fingerprint density at radius 3 is 2.61 bits per heavy atom. The highest BCUT2D eigenvalue weighted by atomic mass is 16.5. The first-order valence-corrected chi connectivity index (χ1v) is 9.09. The van der Waals surface area contributed by atoms with Gasteiger partial charge in [0, 0.05) is 19.7 Å². The van der Waals surface area contributed by atoms with Crippen LogP contribution in [0.5, 0.6) is 0 Å². The molecule has 0 spiro atoms. The fourth-order valence-corrected chi connectivity index (χ4v) is 4.17. The zero-order chi connectivity index (χ0) is 16.1. The highest BCUT2D eigenvalue weighted by Gasteiger charge is 2.46. The predicted molar refractivity (Wildman–Crippen MR) is 86.4 cm³/mol. The Morgan fingerprint density at radius 2 is 1.91 bits per heavy atom. The van der Waals surface area contributed by atoms with E-state index in [9.17, 15) is 4.79 Å². The second kappa shape index (κ2) is 7.92. The highest BCUT2D eigenvalue weighted by Crippen LogP contribution is 2.35. The van der Waals surface area contributed by atoms with Crippen LogP contribution in [0.3, 0.4) is 0 Å². The lowest BCUT2D eigenvalue weighted by atomic mass is 9.79. The standard InChI is InChI=1S/C17H30N2O4/c1-2-23-15-13-22-12-14(15)18-16(20)17(6-4-3-5-7-17)19-8-10-21-11-9-19/h14-15H,2-13H2,1H3,(H,18,20)/t14-,15-/m0/s1. The molecule has 0 unspecified atom stereocenters. The molecule has 3 fully saturated rings. The summed E-state index contributed by atoms with van der Waals surface area (Å²) in [4.78, 5) is 15.6. The van der Waals surface area contributed by atoms with E-state index in [0.29, 0.717) is 19.8 Å². The molecule has 2 heterocycles. The molecule has 3 rings (SSSR count). The second-order valence-electron chi connectivity index (χ2n) is 6.80. The third-order valence-electron chi connectivity index (χ3n) is 5.45. The van der Waals surface area contributed by atoms with Gasteiger partial charge in [0.25, 0.3) is 0 Å². The van der Waals surface area contributed by atoms with Crippen LogP contribution in [0.4, 0.5) is 0 Å². The summed E-state index contributed by atoms with van der Waals surface area (Å²) in [7, 11) is 0. The van der Waals surface area contributed by atoms with Gasteiger partial charge in [0.05, 0.1) is 32.5 Å². The fourth-order valence-electron chi connectivity index (χ4n) is 4.17. The zero-order valence-corrected chi connectivity index (χ0v) is 14.2. The molecule has 23 heavy (non-hydrogen) atoms. The normalized spacial score (nSPS) is 31.9. The van der Waals surface area contributed by atoms with Crippen LogP contribution in [0.2, 0.25) is 0 Å². The number of nitrogens with zero attached hydrogens (tertiary/aromatic N) is 1. The number of carbonyl (C=O) groups excluding carboxylic acids is 1. The number of hydrogen-bond donors (Lipinski definition) is 1. The molecule has 1 saturated carbocycles. The van der Waals surface area contributed by atoms with Crippen molar-refractivity contribution < 1.29 is 19.0 Å². The maximum atomic E-state index is 13.2. The maximum Gasteiger partial charge on any atom is 0.240 e. The molecule has 3 aliphatic rings. The molecule has 132 valence electrons. The third-order valence-corrected chi connectivity index (χ3v) is 5.45. The van der Waals surface area contributed by atoms with Crippen molar-refractivity contribution in [2.45, 2.75) is 56.7 Å². The lowest BCUT2D eigenvalue weighted by Crippen LogP contribution is -2.64. The summed E-state index contributed by atoms with van der Waals surface area (Å²) >= 11 is 0. The van der Waals surface area contributed by atoms with Gasteiger partial charge >= 0.3 is 0 Å². The lowest BCUT2D eigenvalue weighted by Gasteiger charge is -2.47. The molecule has 0 bridgehead atoms. The summed E-state index contributed by atoms with van der Waals surface area (Å²) in [5.41, 5.74) is -0.360. The summed E-state index contributed by atoms with van der Waals surface area (Å²) < 4.78 is 16.7. The van der Waals surface area contributed by atoms with Crippen molar-refractivity contribution >= 4 is 5.91 Å². The van der Waals surface area contributed by atoms with Crippen LogP contribution in [0.15, 0.2) is 0 Å². The number of ether oxygens (including phenoxy) is 3. The van der Waals surface area contributed by atoms with E-state index in [0.717, 1.165) is 52.0 Å². The molecule has 0 aromatic heterocycles. The van der Waals surface area contributed by atoms with Crippen molar-refractivity contribution in [2.75, 3.05) is 46.1 Å². The van der Waals surface area contributed by atoms with E-state index in [1.54, 1.807) is 0 Å². The minimum Gasteiger partial charge on any atom is -0.379 e. The van der Waals surface area contributed by atoms with Crippen LogP contribution in [-0.4, -0.2) is 74.6 Å². The molecule has 2 atom stereocenters. The Kier molecular flexibility index (Phi) is 5.91. The molecule has 1 amide bonds. The molecule has 0 aromatic rings. The van der Waals surface area contributed by atoms with Gasteiger partial charge in [-0.05, 0) is 19.8 Å². The largest absolute Gasteiger partial charge is 0.379 e. The van der Waals surface area contributed by atoms with E-state index in [-0.39, 0.29) is 23.6 Å². The van der Waals surface area contributed by atoms with Gasteiger partial charge in [-0.3, -0.25) is 9.69 Å². The van der Waals surface area contributed by atoms with Gasteiger partial charge in [-0.2, -0.15) is 0 Å². The lowest BCUT2D eigenvalue weighted by molar-refractivity contribution is -0.141. The van der Waals surface area contributed by atoms with Gasteiger partial charge in [0.1, 0.15) is 11.6 Å². The summed E-state index contributed by atoms with van der Waals surface area (Å²) in [6, 6.07) is -0.0257. The van der Waals surface area contributed by atoms with Gasteiger partial charge in [0.2, 0.25) is 5.91 Å². The van der Waals surface area contributed by atoms with E-state index in [4.69, 9.17) is 14.2 Å². The zero-order valence-electron chi connectivity index (χ0n) is 14.2. The molecule has 6 nitrogen and oxygen atoms in total. The van der Waals surface area contributed by atoms with Crippen molar-refractivity contribution in [3.63, 3.8) is 0 Å². The molecule has 0 aromatic carbocycles. The minimum absolute atomic E-state index is 0.0192. The quantitative estimate of drug-likeness (QED) is 0.815. The average molecular weight is 326 g/mol. The van der Waals surface area contributed by atoms with E-state index in [2.05, 4.69) is 10.2 Å². The summed E-state index contributed by atoms with van der Waals surface area (Å²) in [5, 5.41) is 3.25. The third kappa shape index (κ3) is 3.71. The van der Waals surface area contributed by atoms with Gasteiger partial charge in [-0.25, -0.2) is 0 Å². The molecule has 1 aliphatic carbocycles. The minimum atomic E-state index is -0.360. The molecular formula is C17H30N2O4. The van der Waals surface area contributed by atoms with Crippen molar-refractivity contribution in [2.24, 2.45) is 0 Å². The first-order chi connectivity index (χ1) is 11.3. The number of carbonyl (C=O) groups is 1. The fraction of sp³-hybridized carbons (Fsp3) is 0.941. The summed E-state index contributed by atoms with van der Waals surface area (Å²) in [5.74, 6) is 0.166. The monoisotopic (exact) mass is 326 g/mol. The van der Waals surface area contributed by atoms with Gasteiger partial charge < -0.3 is 19.5 Å². The van der Waals surface area contributed by atoms with Crippen molar-refractivity contribution in [1.29, 1.82) is 0 Å². The Labute approximate surface area is 138 Å². The Hall–Kier alpha value is -0.690. The van der Waals surface area contributed by atoms with Crippen LogP contribution in [0.1, 0.15) is 39.0 Å². The van der Waals surface area contributed by atoms with Crippen LogP contribution in [-0.2, 0) is 19.0 Å². The highest BCUT2D eigenvalue weighted by molar-refractivity contribution is 5.86. The topological polar surface area (TPSA) is 60.0 Å². The molecule has 2 saturated heterocycles. The van der Waals surface area contributed by atoms with Gasteiger partial charge in [-0.1, -0.05) is 19.3 Å². The van der Waals surface area contributed by atoms with E-state index < -0.39 is 0 Å². The van der Waals surface area contributed by atoms with Gasteiger partial charge in [-0.15, -0.1) is 0 Å². The average Bonchev–Trinajstić information content (AvgIpc) is 3.03. The van der Waals surface area contributed by atoms with Crippen molar-refractivity contribution in [1.82, 2.24) is 10.2 Å². The number of nitrogens with one attached hydrogen (secondary N) is 1. The smallest absolute Gasteiger partial charge is 0.240 e. The van der Waals surface area contributed by atoms with Gasteiger partial charge in [0.15, 0.2) is 0 Å². The first kappa shape index (κ1) is 17.1. The first-order valence-electron chi connectivity index (χ1n) is 9.09.